The van der Waals surface area contributed by atoms with Crippen molar-refractivity contribution in [1.29, 1.82) is 0 Å². The van der Waals surface area contributed by atoms with Crippen LogP contribution in [-0.4, -0.2) is 91.5 Å². The Morgan fingerprint density at radius 1 is 1.09 bits per heavy atom. The van der Waals surface area contributed by atoms with Gasteiger partial charge in [0.25, 0.3) is 6.43 Å². The number of nitrogens with zero attached hydrogens (tertiary/aromatic N) is 4. The number of halogens is 4. The number of imidazole rings is 1. The van der Waals surface area contributed by atoms with Gasteiger partial charge in [0.05, 0.1) is 25.1 Å². The number of hydrogen-bond acceptors (Lipinski definition) is 12. The van der Waals surface area contributed by atoms with Crippen LogP contribution in [0, 0.1) is 0 Å². The van der Waals surface area contributed by atoms with Gasteiger partial charge in [0.2, 0.25) is 5.60 Å². The zero-order valence-electron chi connectivity index (χ0n) is 24.0. The summed E-state index contributed by atoms with van der Waals surface area (Å²) in [6, 6.07) is -2.47. The van der Waals surface area contributed by atoms with Crippen LogP contribution in [0.2, 0.25) is 0 Å². The summed E-state index contributed by atoms with van der Waals surface area (Å²) in [5.74, 6) is -6.39. The minimum atomic E-state index is -4.63. The lowest BCUT2D eigenvalue weighted by molar-refractivity contribution is -0.241. The van der Waals surface area contributed by atoms with E-state index in [2.05, 4.69) is 25.1 Å². The average molecular weight is 660 g/mol. The maximum Gasteiger partial charge on any atom is 0.323 e. The Morgan fingerprint density at radius 2 is 1.63 bits per heavy atom. The summed E-state index contributed by atoms with van der Waals surface area (Å²) in [6.07, 6.45) is -8.04. The van der Waals surface area contributed by atoms with Crippen LogP contribution in [-0.2, 0) is 40.1 Å². The minimum Gasteiger partial charge on any atom is -0.462 e. The molecule has 0 radical (unpaired) electrons. The zero-order valence-corrected chi connectivity index (χ0v) is 25.7. The summed E-state index contributed by atoms with van der Waals surface area (Å²) < 4.78 is 82.3. The molecule has 5 atom stereocenters. The van der Waals surface area contributed by atoms with Crippen LogP contribution in [0.1, 0.15) is 47.8 Å². The number of ether oxygens (including phenoxy) is 3. The van der Waals surface area contributed by atoms with Crippen LogP contribution < -0.4 is 15.9 Å². The molecule has 3 rings (SSSR count). The molecule has 5 N–H and O–H groups in total. The predicted molar refractivity (Wildman–Crippen MR) is 147 cm³/mol. The molecule has 0 aliphatic carbocycles. The number of hydrogen-bond donors (Lipinski definition) is 4. The molecular formula is C23H34F4N7O7PS. The van der Waals surface area contributed by atoms with Crippen LogP contribution in [0.5, 0.6) is 0 Å². The fourth-order valence-electron chi connectivity index (χ4n) is 4.03. The number of aliphatic hydroxyl groups is 1. The third-order valence-corrected chi connectivity index (χ3v) is 9.05. The fraction of sp³-hybridized carbons (Fsp3) is 0.696. The molecule has 0 amide bonds. The lowest BCUT2D eigenvalue weighted by Gasteiger charge is -2.36. The number of nitrogen functional groups attached to an aromatic ring is 1. The van der Waals surface area contributed by atoms with E-state index in [4.69, 9.17) is 36.3 Å². The van der Waals surface area contributed by atoms with E-state index in [1.807, 2.05) is 0 Å². The molecule has 0 spiro atoms. The summed E-state index contributed by atoms with van der Waals surface area (Å²) in [6.45, 7) is 3.34. The Kier molecular flexibility index (Phi) is 10.7. The first-order valence-corrected chi connectivity index (χ1v) is 15.7. The second kappa shape index (κ2) is 13.2. The van der Waals surface area contributed by atoms with Crippen LogP contribution >= 0.6 is 6.57 Å². The van der Waals surface area contributed by atoms with Gasteiger partial charge in [0, 0.05) is 0 Å². The molecule has 1 fully saturated rings. The number of anilines is 1. The molecule has 20 heteroatoms. The van der Waals surface area contributed by atoms with Gasteiger partial charge in [-0.1, -0.05) is 0 Å². The zero-order chi connectivity index (χ0) is 32.5. The second-order valence-electron chi connectivity index (χ2n) is 10.3. The van der Waals surface area contributed by atoms with Crippen molar-refractivity contribution in [2.24, 2.45) is 0 Å². The van der Waals surface area contributed by atoms with Crippen LogP contribution in [0.4, 0.5) is 23.4 Å². The minimum absolute atomic E-state index is 0.0409. The van der Waals surface area contributed by atoms with E-state index in [-0.39, 0.29) is 17.0 Å². The quantitative estimate of drug-likeness (QED) is 0.139. The molecule has 14 nitrogen and oxygen atoms in total. The van der Waals surface area contributed by atoms with Crippen molar-refractivity contribution in [3.63, 3.8) is 0 Å². The summed E-state index contributed by atoms with van der Waals surface area (Å²) in [4.78, 5) is 36.4. The van der Waals surface area contributed by atoms with Gasteiger partial charge < -0.3 is 29.6 Å². The normalized spacial score (nSPS) is 24.8. The van der Waals surface area contributed by atoms with Crippen LogP contribution in [0.3, 0.4) is 0 Å². The third-order valence-electron chi connectivity index (χ3n) is 6.15. The first-order valence-electron chi connectivity index (χ1n) is 13.0. The van der Waals surface area contributed by atoms with Gasteiger partial charge >= 0.3 is 17.9 Å². The van der Waals surface area contributed by atoms with Crippen molar-refractivity contribution in [2.75, 3.05) is 12.3 Å². The standard InChI is InChI=1S/C23H34F4N7O7PS/c1-10(2)39-19(36)12(5)32-42(43,33-13(6)20(37)40-11(3)4)38-7-22(21(24)25)23(26,27)15(35)18(41-22)34-9-31-14-16(28)29-8-30-17(14)34/h8-13,15,18,21,35H,7H2,1-6H3,(H2,28,29,30)(H2,32,33,43). The Labute approximate surface area is 249 Å². The summed E-state index contributed by atoms with van der Waals surface area (Å²) in [5, 5.41) is 15.7. The van der Waals surface area contributed by atoms with Crippen molar-refractivity contribution in [3.05, 3.63) is 12.7 Å². The predicted octanol–water partition coefficient (Wildman–Crippen LogP) is 2.04. The highest BCUT2D eigenvalue weighted by molar-refractivity contribution is 8.10. The number of nitrogens with one attached hydrogen (secondary N) is 2. The lowest BCUT2D eigenvalue weighted by atomic mass is 9.95. The largest absolute Gasteiger partial charge is 0.462 e. The number of carbonyl (C=O) groups is 2. The van der Waals surface area contributed by atoms with Crippen LogP contribution in [0.25, 0.3) is 11.2 Å². The number of fused-ring (bicyclic) bond motifs is 1. The monoisotopic (exact) mass is 659 g/mol. The first kappa shape index (κ1) is 34.9. The molecule has 1 aliphatic heterocycles. The third kappa shape index (κ3) is 7.24. The van der Waals surface area contributed by atoms with Crippen molar-refractivity contribution < 1.29 is 51.0 Å². The van der Waals surface area contributed by atoms with Crippen molar-refractivity contribution >= 4 is 47.3 Å². The smallest absolute Gasteiger partial charge is 0.323 e. The fourth-order valence-corrected chi connectivity index (χ4v) is 6.96. The summed E-state index contributed by atoms with van der Waals surface area (Å²) in [7, 11) is 0. The number of aliphatic hydroxyl groups excluding tert-OH is 1. The molecule has 0 aromatic carbocycles. The number of carbonyl (C=O) groups excluding carboxylic acids is 2. The molecule has 2 aromatic heterocycles. The highest BCUT2D eigenvalue weighted by atomic mass is 32.4. The van der Waals surface area contributed by atoms with Gasteiger partial charge in [-0.3, -0.25) is 14.2 Å². The summed E-state index contributed by atoms with van der Waals surface area (Å²) in [5.41, 5.74) is 1.76. The number of esters is 2. The Hall–Kier alpha value is -2.54. The van der Waals surface area contributed by atoms with Gasteiger partial charge in [0.15, 0.2) is 30.4 Å². The molecule has 242 valence electrons. The number of nitrogens with two attached hydrogens (primary N) is 1. The van der Waals surface area contributed by atoms with Crippen molar-refractivity contribution in [2.45, 2.75) is 96.1 Å². The molecule has 2 aromatic rings. The second-order valence-corrected chi connectivity index (χ2v) is 13.8. The molecule has 43 heavy (non-hydrogen) atoms. The number of aromatic nitrogens is 4. The van der Waals surface area contributed by atoms with Crippen molar-refractivity contribution in [3.8, 4) is 0 Å². The Bertz CT molecular complexity index is 1340. The van der Waals surface area contributed by atoms with Gasteiger partial charge in [-0.15, -0.1) is 0 Å². The van der Waals surface area contributed by atoms with E-state index in [1.54, 1.807) is 27.7 Å². The van der Waals surface area contributed by atoms with E-state index >= 15 is 8.78 Å². The maximum atomic E-state index is 15.6. The van der Waals surface area contributed by atoms with Gasteiger partial charge in [-0.25, -0.2) is 33.9 Å². The average Bonchev–Trinajstić information content (AvgIpc) is 3.40. The Morgan fingerprint density at radius 3 is 2.12 bits per heavy atom. The van der Waals surface area contributed by atoms with Gasteiger partial charge in [0.1, 0.15) is 23.9 Å². The molecular weight excluding hydrogens is 625 g/mol. The first-order chi connectivity index (χ1) is 19.8. The highest BCUT2D eigenvalue weighted by Gasteiger charge is 2.74. The van der Waals surface area contributed by atoms with Crippen LogP contribution in [0.15, 0.2) is 12.7 Å². The van der Waals surface area contributed by atoms with E-state index in [9.17, 15) is 23.5 Å². The topological polar surface area (TPSA) is 185 Å². The van der Waals surface area contributed by atoms with Gasteiger partial charge in [-0.2, -0.15) is 8.78 Å². The molecule has 0 bridgehead atoms. The van der Waals surface area contributed by atoms with E-state index in [0.717, 1.165) is 17.2 Å². The molecule has 5 unspecified atom stereocenters. The number of rotatable bonds is 13. The molecule has 1 saturated heterocycles. The SMILES string of the molecule is CC(C)OC(=O)C(C)NP(=S)(NC(C)C(=O)OC(C)C)OCC1(C(F)F)OC(n2cnc3c(N)ncnc32)C(O)C1(F)F. The number of alkyl halides is 4. The van der Waals surface area contributed by atoms with E-state index in [0.29, 0.717) is 0 Å². The molecule has 3 heterocycles. The van der Waals surface area contributed by atoms with E-state index in [1.165, 1.54) is 13.8 Å². The summed E-state index contributed by atoms with van der Waals surface area (Å²) >= 11 is 5.48. The Balaban J connectivity index is 1.96. The maximum absolute atomic E-state index is 15.6. The molecule has 1 aliphatic rings. The lowest BCUT2D eigenvalue weighted by Crippen LogP contribution is -2.58. The molecule has 0 saturated carbocycles. The van der Waals surface area contributed by atoms with E-state index < -0.39 is 79.7 Å². The van der Waals surface area contributed by atoms with Gasteiger partial charge in [-0.05, 0) is 53.3 Å². The van der Waals surface area contributed by atoms with Crippen molar-refractivity contribution in [1.82, 2.24) is 29.7 Å². The highest BCUT2D eigenvalue weighted by Crippen LogP contribution is 2.54.